The fourth-order valence-electron chi connectivity index (χ4n) is 1.63. The Balaban J connectivity index is 4.78. The Bertz CT molecular complexity index is 497. The third kappa shape index (κ3) is 12.7. The molecule has 0 unspecified atom stereocenters. The molecular formula is C16H30N4O5. The van der Waals surface area contributed by atoms with E-state index in [1.54, 1.807) is 20.8 Å². The number of nitrogens with one attached hydrogen (secondary N) is 1. The number of carbonyl (C=O) groups excluding carboxylic acids is 3. The van der Waals surface area contributed by atoms with Crippen molar-refractivity contribution >= 4 is 23.8 Å². The number of hydrogen-bond donors (Lipinski definition) is 3. The summed E-state index contributed by atoms with van der Waals surface area (Å²) in [4.78, 5) is 39.6. The summed E-state index contributed by atoms with van der Waals surface area (Å²) in [5, 5.41) is 5.91. The van der Waals surface area contributed by atoms with Crippen LogP contribution in [0.3, 0.4) is 0 Å². The molecule has 9 nitrogen and oxygen atoms in total. The molecule has 0 rings (SSSR count). The van der Waals surface area contributed by atoms with E-state index in [1.165, 1.54) is 0 Å². The van der Waals surface area contributed by atoms with E-state index < -0.39 is 29.6 Å². The number of carbonyl (C=O) groups is 3. The molecule has 9 heteroatoms. The minimum Gasteiger partial charge on any atom is -0.444 e. The molecule has 0 spiro atoms. The zero-order valence-electron chi connectivity index (χ0n) is 15.6. The molecule has 0 aromatic carbocycles. The first kappa shape index (κ1) is 22.7. The van der Waals surface area contributed by atoms with Crippen molar-refractivity contribution in [3.63, 3.8) is 0 Å². The second kappa shape index (κ2) is 10.5. The molecule has 144 valence electrons. The highest BCUT2D eigenvalue weighted by atomic mass is 16.7. The van der Waals surface area contributed by atoms with Gasteiger partial charge >= 0.3 is 12.1 Å². The van der Waals surface area contributed by atoms with Crippen LogP contribution in [0.2, 0.25) is 0 Å². The van der Waals surface area contributed by atoms with E-state index in [9.17, 15) is 14.4 Å². The van der Waals surface area contributed by atoms with Crippen LogP contribution in [-0.4, -0.2) is 35.4 Å². The second-order valence-corrected chi connectivity index (χ2v) is 7.13. The molecule has 0 saturated carbocycles. The number of nitrogens with two attached hydrogens (primary N) is 2. The molecule has 0 aromatic heterocycles. The van der Waals surface area contributed by atoms with Crippen molar-refractivity contribution in [2.75, 3.05) is 0 Å². The van der Waals surface area contributed by atoms with Gasteiger partial charge < -0.3 is 26.4 Å². The normalized spacial score (nSPS) is 13.3. The van der Waals surface area contributed by atoms with Gasteiger partial charge in [0.1, 0.15) is 17.5 Å². The van der Waals surface area contributed by atoms with E-state index >= 15 is 0 Å². The molecule has 0 fully saturated rings. The summed E-state index contributed by atoms with van der Waals surface area (Å²) in [5.41, 5.74) is 10.0. The van der Waals surface area contributed by atoms with Gasteiger partial charge in [0.25, 0.3) is 0 Å². The maximum absolute atomic E-state index is 12.1. The Morgan fingerprint density at radius 3 is 2.16 bits per heavy atom. The highest BCUT2D eigenvalue weighted by molar-refractivity contribution is 5.84. The largest absolute Gasteiger partial charge is 0.444 e. The van der Waals surface area contributed by atoms with Crippen LogP contribution < -0.4 is 16.8 Å². The molecule has 0 aliphatic heterocycles. The molecule has 0 aliphatic rings. The van der Waals surface area contributed by atoms with Crippen molar-refractivity contribution < 1.29 is 24.0 Å². The third-order valence-electron chi connectivity index (χ3n) is 2.89. The molecule has 2 amide bonds. The quantitative estimate of drug-likeness (QED) is 0.246. The van der Waals surface area contributed by atoms with Gasteiger partial charge in [-0.1, -0.05) is 19.0 Å². The van der Waals surface area contributed by atoms with Gasteiger partial charge in [-0.15, -0.1) is 0 Å². The molecule has 0 aliphatic carbocycles. The summed E-state index contributed by atoms with van der Waals surface area (Å²) in [7, 11) is 0. The summed E-state index contributed by atoms with van der Waals surface area (Å²) in [5.74, 6) is -0.849. The second-order valence-electron chi connectivity index (χ2n) is 7.13. The number of amidine groups is 1. The van der Waals surface area contributed by atoms with E-state index in [0.29, 0.717) is 12.3 Å². The van der Waals surface area contributed by atoms with Gasteiger partial charge in [0, 0.05) is 12.8 Å². The average molecular weight is 358 g/mol. The topological polar surface area (TPSA) is 146 Å². The van der Waals surface area contributed by atoms with Crippen molar-refractivity contribution in [3.05, 3.63) is 0 Å². The predicted molar refractivity (Wildman–Crippen MR) is 93.4 cm³/mol. The summed E-state index contributed by atoms with van der Waals surface area (Å²) < 4.78 is 5.08. The van der Waals surface area contributed by atoms with Crippen LogP contribution in [0.15, 0.2) is 5.16 Å². The van der Waals surface area contributed by atoms with E-state index in [1.807, 2.05) is 13.8 Å². The van der Waals surface area contributed by atoms with Gasteiger partial charge in [0.05, 0.1) is 0 Å². The lowest BCUT2D eigenvalue weighted by Gasteiger charge is -2.22. The van der Waals surface area contributed by atoms with Gasteiger partial charge in [-0.2, -0.15) is 0 Å². The Morgan fingerprint density at radius 2 is 1.68 bits per heavy atom. The fourth-order valence-corrected chi connectivity index (χ4v) is 1.63. The van der Waals surface area contributed by atoms with Crippen molar-refractivity contribution in [2.45, 2.75) is 71.9 Å². The minimum atomic E-state index is -1.12. The van der Waals surface area contributed by atoms with Crippen LogP contribution in [0.25, 0.3) is 0 Å². The SMILES string of the molecule is CC(C)CC/C(N)=N/OC(=O)[C@H](CCC(N)=O)NC(=O)OC(C)(C)C. The molecule has 0 radical (unpaired) electrons. The van der Waals surface area contributed by atoms with Gasteiger partial charge in [0.2, 0.25) is 5.91 Å². The first-order chi connectivity index (χ1) is 11.4. The monoisotopic (exact) mass is 358 g/mol. The maximum Gasteiger partial charge on any atom is 0.408 e. The lowest BCUT2D eigenvalue weighted by atomic mass is 10.1. The molecule has 1 atom stereocenters. The van der Waals surface area contributed by atoms with Crippen molar-refractivity contribution in [3.8, 4) is 0 Å². The number of rotatable bonds is 9. The van der Waals surface area contributed by atoms with E-state index in [-0.39, 0.29) is 18.7 Å². The van der Waals surface area contributed by atoms with Crippen LogP contribution in [0, 0.1) is 5.92 Å². The number of primary amides is 1. The number of amides is 2. The lowest BCUT2D eigenvalue weighted by Crippen LogP contribution is -2.44. The molecular weight excluding hydrogens is 328 g/mol. The molecule has 0 aromatic rings. The molecule has 5 N–H and O–H groups in total. The summed E-state index contributed by atoms with van der Waals surface area (Å²) in [6.45, 7) is 9.11. The Kier molecular flexibility index (Phi) is 9.55. The van der Waals surface area contributed by atoms with Crippen LogP contribution >= 0.6 is 0 Å². The minimum absolute atomic E-state index is 0.0329. The number of hydrogen-bond acceptors (Lipinski definition) is 6. The molecule has 0 bridgehead atoms. The van der Waals surface area contributed by atoms with Crippen LogP contribution in [0.4, 0.5) is 4.79 Å². The molecule has 0 heterocycles. The zero-order chi connectivity index (χ0) is 19.6. The smallest absolute Gasteiger partial charge is 0.408 e. The van der Waals surface area contributed by atoms with Gasteiger partial charge in [-0.05, 0) is 39.5 Å². The Morgan fingerprint density at radius 1 is 1.08 bits per heavy atom. The van der Waals surface area contributed by atoms with Crippen LogP contribution in [0.1, 0.15) is 60.3 Å². The number of oxime groups is 1. The molecule has 0 saturated heterocycles. The zero-order valence-corrected chi connectivity index (χ0v) is 15.6. The standard InChI is InChI=1S/C16H30N4O5/c1-10(2)6-8-12(17)20-25-14(22)11(7-9-13(18)21)19-15(23)24-16(3,4)5/h10-11H,6-9H2,1-5H3,(H2,17,20)(H2,18,21)(H,19,23)/t11-/m0/s1. The highest BCUT2D eigenvalue weighted by Gasteiger charge is 2.26. The van der Waals surface area contributed by atoms with Gasteiger partial charge in [-0.25, -0.2) is 9.59 Å². The summed E-state index contributed by atoms with van der Waals surface area (Å²) in [6.07, 6.45) is 0.331. The first-order valence-electron chi connectivity index (χ1n) is 8.21. The average Bonchev–Trinajstić information content (AvgIpc) is 2.44. The van der Waals surface area contributed by atoms with E-state index in [4.69, 9.17) is 21.0 Å². The summed E-state index contributed by atoms with van der Waals surface area (Å²) >= 11 is 0. The van der Waals surface area contributed by atoms with Crippen molar-refractivity contribution in [1.82, 2.24) is 5.32 Å². The highest BCUT2D eigenvalue weighted by Crippen LogP contribution is 2.09. The lowest BCUT2D eigenvalue weighted by molar-refractivity contribution is -0.146. The van der Waals surface area contributed by atoms with Crippen molar-refractivity contribution in [1.29, 1.82) is 0 Å². The number of alkyl carbamates (subject to hydrolysis) is 1. The van der Waals surface area contributed by atoms with Gasteiger partial charge in [0.15, 0.2) is 0 Å². The maximum atomic E-state index is 12.1. The van der Waals surface area contributed by atoms with Crippen LogP contribution in [0.5, 0.6) is 0 Å². The number of nitrogens with zero attached hydrogens (tertiary/aromatic N) is 1. The van der Waals surface area contributed by atoms with E-state index in [0.717, 1.165) is 6.42 Å². The molecule has 25 heavy (non-hydrogen) atoms. The van der Waals surface area contributed by atoms with Gasteiger partial charge in [-0.3, -0.25) is 4.79 Å². The summed E-state index contributed by atoms with van der Waals surface area (Å²) in [6, 6.07) is -1.12. The Hall–Kier alpha value is -2.32. The van der Waals surface area contributed by atoms with Crippen LogP contribution in [-0.2, 0) is 19.2 Å². The number of ether oxygens (including phenoxy) is 1. The first-order valence-corrected chi connectivity index (χ1v) is 8.21. The third-order valence-corrected chi connectivity index (χ3v) is 2.89. The van der Waals surface area contributed by atoms with E-state index in [2.05, 4.69) is 10.5 Å². The van der Waals surface area contributed by atoms with Crippen molar-refractivity contribution in [2.24, 2.45) is 22.5 Å². The predicted octanol–water partition coefficient (Wildman–Crippen LogP) is 1.40. The Labute approximate surface area is 148 Å². The fraction of sp³-hybridized carbons (Fsp3) is 0.750.